The molecule has 0 unspecified atom stereocenters. The normalized spacial score (nSPS) is 9.02. The molecule has 0 radical (unpaired) electrons. The molecule has 39 heteroatoms. The summed E-state index contributed by atoms with van der Waals surface area (Å²) < 4.78 is 62.1. The van der Waals surface area contributed by atoms with Gasteiger partial charge in [-0.15, -0.1) is 0 Å². The summed E-state index contributed by atoms with van der Waals surface area (Å²) in [6.07, 6.45) is 4.32. The summed E-state index contributed by atoms with van der Waals surface area (Å²) in [7, 11) is 0. The van der Waals surface area contributed by atoms with Crippen LogP contribution < -0.4 is 165 Å². The number of esters is 4. The molecule has 12 N–H and O–H groups in total. The molecule has 107 heavy (non-hydrogen) atoms. The zero-order valence-electron chi connectivity index (χ0n) is 58.9. The Morgan fingerprint density at radius 2 is 0.935 bits per heavy atom. The van der Waals surface area contributed by atoms with Gasteiger partial charge in [0.2, 0.25) is 23.0 Å². The Bertz CT molecular complexity index is 3970. The largest absolute Gasteiger partial charge is 1.00 e. The van der Waals surface area contributed by atoms with E-state index < -0.39 is 23.6 Å². The molecule has 0 spiro atoms. The van der Waals surface area contributed by atoms with E-state index in [2.05, 4.69) is 90.0 Å². The summed E-state index contributed by atoms with van der Waals surface area (Å²) in [5.74, 6) is -1.58. The summed E-state index contributed by atoms with van der Waals surface area (Å²) >= 11 is 8.55. The number of carbonyl (C=O) groups is 7. The summed E-state index contributed by atoms with van der Waals surface area (Å²) in [6.45, 7) is 14.6. The van der Waals surface area contributed by atoms with Gasteiger partial charge in [-0.2, -0.15) is 9.97 Å². The molecule has 0 saturated carbocycles. The summed E-state index contributed by atoms with van der Waals surface area (Å²) in [6, 6.07) is 39.2. The maximum absolute atomic E-state index is 14.3. The SMILES string of the molecule is C.C=CC(=O)Nc1cccc(Nc2nc(Cl)ncc2F)c1.C=CC(=O)Nc1cccc(Nc2nc(Nc3ccc(OCC(=O)OCC)cc3)ncc2F)c1.CCOC(=O)CBr.CCOC(=O)COc1ccc(N)cc1.CCOC(=O)COc1ccc([NH+]=O)cc1.O=CO[O-].O=[NH+]c1ccc(O)cc1.[H-].[HH].[K+].[K+].[OH-].[OH-]. The monoisotopic (exact) mass is 1630 g/mol. The van der Waals surface area contributed by atoms with Crippen molar-refractivity contribution in [3.05, 3.63) is 210 Å². The fourth-order valence-electron chi connectivity index (χ4n) is 6.67. The van der Waals surface area contributed by atoms with Gasteiger partial charge in [-0.05, 0) is 161 Å². The van der Waals surface area contributed by atoms with Crippen molar-refractivity contribution in [1.29, 1.82) is 0 Å². The second-order valence-electron chi connectivity index (χ2n) is 18.4. The number of ether oxygens (including phenoxy) is 7. The molecule has 0 saturated heterocycles. The molecule has 6 aromatic carbocycles. The van der Waals surface area contributed by atoms with Crippen molar-refractivity contribution in [1.82, 2.24) is 19.9 Å². The maximum atomic E-state index is 14.3. The van der Waals surface area contributed by atoms with E-state index in [1.807, 2.05) is 0 Å². The number of phenolic OH excluding ortho intramolecular Hbond substituents is 1. The number of nitroso groups, excluding NO2 is 2. The van der Waals surface area contributed by atoms with Crippen molar-refractivity contribution in [2.24, 2.45) is 0 Å². The average Bonchev–Trinajstić information content (AvgIpc) is 0.849. The first-order valence-electron chi connectivity index (χ1n) is 29.6. The van der Waals surface area contributed by atoms with E-state index in [1.54, 1.807) is 159 Å². The van der Waals surface area contributed by atoms with Crippen LogP contribution >= 0.6 is 27.5 Å². The zero-order valence-corrected chi connectivity index (χ0v) is 66.5. The molecule has 2 aromatic heterocycles. The van der Waals surface area contributed by atoms with E-state index in [1.165, 1.54) is 24.3 Å². The molecule has 33 nitrogen and oxygen atoms in total. The van der Waals surface area contributed by atoms with Crippen LogP contribution in [0, 0.1) is 21.4 Å². The maximum Gasteiger partial charge on any atom is 1.00 e. The van der Waals surface area contributed by atoms with Crippen LogP contribution in [0.15, 0.2) is 183 Å². The van der Waals surface area contributed by atoms with E-state index in [0.29, 0.717) is 87.9 Å². The van der Waals surface area contributed by atoms with E-state index in [9.17, 15) is 47.4 Å². The Balaban J connectivity index is -0.000000304. The van der Waals surface area contributed by atoms with Crippen LogP contribution in [0.1, 0.15) is 38.0 Å². The molecule has 0 atom stereocenters. The number of aromatic hydroxyl groups is 1. The van der Waals surface area contributed by atoms with Crippen molar-refractivity contribution in [3.8, 4) is 23.0 Å². The molecule has 568 valence electrons. The average molecular weight is 1630 g/mol. The van der Waals surface area contributed by atoms with Crippen LogP contribution in [-0.2, 0) is 57.4 Å². The molecule has 0 fully saturated rings. The third-order valence-corrected chi connectivity index (χ3v) is 11.6. The third-order valence-electron chi connectivity index (χ3n) is 11.0. The van der Waals surface area contributed by atoms with Gasteiger partial charge in [0.1, 0.15) is 28.3 Å². The Morgan fingerprint density at radius 1 is 0.579 bits per heavy atom. The second-order valence-corrected chi connectivity index (χ2v) is 19.3. The molecule has 0 aliphatic carbocycles. The van der Waals surface area contributed by atoms with E-state index in [-0.39, 0.29) is 209 Å². The van der Waals surface area contributed by atoms with Gasteiger partial charge in [-0.1, -0.05) is 48.6 Å². The van der Waals surface area contributed by atoms with Gasteiger partial charge >= 0.3 is 127 Å². The molecule has 0 bridgehead atoms. The molecule has 0 aliphatic rings. The molecule has 2 amide bonds. The standard InChI is InChI=1S/C23H22FN5O4.C13H10ClFN4O.C10H11NO4.C10H13NO3.C6H5NO2.C4H7BrO2.CH2O3.CH4.2K.2H2O.H2.H/c1-3-20(30)26-16-6-5-7-17(12-16)27-22-19(24)13-25-23(29-22)28-15-8-10-18(11-9-15)33-14-21(31)32-4-2;1-2-11(20)17-8-4-3-5-9(6-8)18-12-10(15)7-16-13(14)19-12;1-2-14-10(12)7-15-9-5-3-8(11-13)4-6-9;1-2-13-10(12)7-14-9-5-3-8(11)4-6-9;8-6-3-1-5(7-9)2-4-6;1-2-7-4(6)3-5;2-1-4-3;;;;;;;/h3,5-13H,1,4,14H2,2H3,(H,26,30)(H2,25,27,28,29);2-7H,1H2,(H,17,20)(H,16,18,19);3-6H,2,7H2,1H3;3-6H,2,7,11H2,1H3;1-4,8H;2-3H2,1H3;1,3H;1H4;;;2*1H2;1H;/q;;;;;;;;2*+1;;;;-1/p-1. The molecule has 8 rings (SSSR count). The summed E-state index contributed by atoms with van der Waals surface area (Å²) in [5.41, 5.74) is 9.79. The zero-order chi connectivity index (χ0) is 75.5. The van der Waals surface area contributed by atoms with Crippen LogP contribution in [0.4, 0.5) is 71.9 Å². The van der Waals surface area contributed by atoms with Crippen molar-refractivity contribution < 1.29 is 218 Å². The third kappa shape index (κ3) is 47.7. The van der Waals surface area contributed by atoms with Crippen LogP contribution in [0.25, 0.3) is 0 Å². The Morgan fingerprint density at radius 3 is 1.30 bits per heavy atom. The fraction of sp³-hybridized carbons (Fsp3) is 0.191. The van der Waals surface area contributed by atoms with Gasteiger partial charge in [0.15, 0.2) is 43.1 Å². The number of rotatable bonds is 27. The topological polar surface area (TPSA) is 496 Å². The number of nitrogens with one attached hydrogen (secondary N) is 7. The number of benzene rings is 6. The number of hydrogen-bond donors (Lipinski definition) is 9. The number of alkyl halides is 1. The number of hydrogen-bond acceptors (Lipinski definition) is 29. The van der Waals surface area contributed by atoms with E-state index >= 15 is 0 Å². The number of amides is 2. The van der Waals surface area contributed by atoms with Crippen LogP contribution in [0.2, 0.25) is 5.28 Å². The molecule has 2 heterocycles. The number of nitrogens with two attached hydrogens (primary N) is 1. The van der Waals surface area contributed by atoms with Gasteiger partial charge in [0, 0.05) is 80.0 Å². The Labute approximate surface area is 714 Å². The number of carbonyl (C=O) groups excluding carboxylic acids is 7. The van der Waals surface area contributed by atoms with Crippen molar-refractivity contribution in [2.75, 3.05) is 83.9 Å². The van der Waals surface area contributed by atoms with Crippen LogP contribution in [-0.4, -0.2) is 130 Å². The van der Waals surface area contributed by atoms with Gasteiger partial charge in [-0.3, -0.25) is 19.2 Å². The Hall–Kier alpha value is -9.37. The molecular formula is C68H80BrClF2K2N12O21. The predicted molar refractivity (Wildman–Crippen MR) is 387 cm³/mol. The van der Waals surface area contributed by atoms with Crippen molar-refractivity contribution in [3.63, 3.8) is 0 Å². The second kappa shape index (κ2) is 62.8. The van der Waals surface area contributed by atoms with Crippen LogP contribution in [0.5, 0.6) is 23.0 Å². The van der Waals surface area contributed by atoms with Gasteiger partial charge in [-0.25, -0.2) is 33.1 Å². The summed E-state index contributed by atoms with van der Waals surface area (Å²) in [4.78, 5) is 113. The minimum absolute atomic E-state index is 0. The van der Waals surface area contributed by atoms with Gasteiger partial charge in [0.05, 0.1) is 38.8 Å². The Kier molecular flexibility index (Phi) is 61.0. The first-order valence-corrected chi connectivity index (χ1v) is 31.1. The smallest absolute Gasteiger partial charge is 1.00 e. The van der Waals surface area contributed by atoms with Crippen molar-refractivity contribution in [2.45, 2.75) is 35.1 Å². The first-order chi connectivity index (χ1) is 49.1. The predicted octanol–water partition coefficient (Wildman–Crippen LogP) is 2.52. The van der Waals surface area contributed by atoms with Gasteiger partial charge in [0.25, 0.3) is 17.8 Å². The summed E-state index contributed by atoms with van der Waals surface area (Å²) in [5, 5.41) is 34.6. The number of halogens is 4. The number of nitrogens with zero attached hydrogens (tertiary/aromatic N) is 4. The minimum atomic E-state index is -0.649. The minimum Gasteiger partial charge on any atom is -1.00 e. The number of aromatic nitrogens is 4. The number of anilines is 9. The number of phenols is 1. The molecule has 0 aliphatic heterocycles. The van der Waals surface area contributed by atoms with Crippen LogP contribution in [0.3, 0.4) is 0 Å². The molecular weight excluding hydrogens is 1550 g/mol. The van der Waals surface area contributed by atoms with E-state index in [4.69, 9.17) is 56.2 Å². The number of nitrogen functional groups attached to an aromatic ring is 1. The fourth-order valence-corrected chi connectivity index (χ4v) is 6.96. The first kappa shape index (κ1) is 104. The van der Waals surface area contributed by atoms with Gasteiger partial charge < -0.3 is 93.1 Å². The van der Waals surface area contributed by atoms with E-state index in [0.717, 1.165) is 24.5 Å². The van der Waals surface area contributed by atoms with Crippen molar-refractivity contribution >= 4 is 133 Å². The quantitative estimate of drug-likeness (QED) is 0.00305. The molecule has 8 aromatic rings.